The third kappa shape index (κ3) is 3.50. The standard InChI is InChI=1S/C20H18ClN5OS/c1-12-16(18(27)23-15-9-4-3-5-10-15)17(13-7-6-8-14(21)11-13)26-19(22-12)24-20(25-26)28-2/h3-11,17H,1-2H3,(H,23,27)(H,22,24,25)/t17-/m1/s1. The zero-order chi connectivity index (χ0) is 19.7. The summed E-state index contributed by atoms with van der Waals surface area (Å²) in [5.41, 5.74) is 2.89. The Morgan fingerprint density at radius 3 is 2.71 bits per heavy atom. The lowest BCUT2D eigenvalue weighted by atomic mass is 9.95. The average Bonchev–Trinajstić information content (AvgIpc) is 3.10. The van der Waals surface area contributed by atoms with Crippen molar-refractivity contribution in [2.45, 2.75) is 18.1 Å². The number of hydrogen-bond donors (Lipinski definition) is 2. The first-order valence-corrected chi connectivity index (χ1v) is 10.3. The highest BCUT2D eigenvalue weighted by atomic mass is 35.5. The number of fused-ring (bicyclic) bond motifs is 1. The van der Waals surface area contributed by atoms with Gasteiger partial charge in [-0.1, -0.05) is 53.7 Å². The summed E-state index contributed by atoms with van der Waals surface area (Å²) in [5.74, 6) is 0.399. The van der Waals surface area contributed by atoms with Gasteiger partial charge in [0.15, 0.2) is 0 Å². The molecule has 0 bridgehead atoms. The number of para-hydroxylation sites is 1. The van der Waals surface area contributed by atoms with E-state index in [2.05, 4.69) is 20.7 Å². The quantitative estimate of drug-likeness (QED) is 0.615. The third-order valence-corrected chi connectivity index (χ3v) is 5.23. The van der Waals surface area contributed by atoms with E-state index >= 15 is 0 Å². The van der Waals surface area contributed by atoms with E-state index in [0.29, 0.717) is 21.7 Å². The molecule has 0 saturated carbocycles. The number of carbonyl (C=O) groups is 1. The van der Waals surface area contributed by atoms with Crippen LogP contribution in [0.25, 0.3) is 0 Å². The van der Waals surface area contributed by atoms with Gasteiger partial charge in [0.05, 0.1) is 5.57 Å². The van der Waals surface area contributed by atoms with Crippen LogP contribution in [0.4, 0.5) is 11.6 Å². The van der Waals surface area contributed by atoms with E-state index < -0.39 is 6.04 Å². The Morgan fingerprint density at radius 1 is 1.21 bits per heavy atom. The van der Waals surface area contributed by atoms with Gasteiger partial charge >= 0.3 is 0 Å². The van der Waals surface area contributed by atoms with Crippen molar-refractivity contribution in [2.24, 2.45) is 0 Å². The Hall–Kier alpha value is -2.77. The number of nitrogens with one attached hydrogen (secondary N) is 2. The minimum Gasteiger partial charge on any atom is -0.328 e. The number of nitrogens with zero attached hydrogens (tertiary/aromatic N) is 3. The molecule has 2 heterocycles. The Morgan fingerprint density at radius 2 is 2.00 bits per heavy atom. The highest BCUT2D eigenvalue weighted by molar-refractivity contribution is 7.98. The smallest absolute Gasteiger partial charge is 0.255 e. The number of benzene rings is 2. The molecule has 6 nitrogen and oxygen atoms in total. The van der Waals surface area contributed by atoms with Crippen LogP contribution in [-0.2, 0) is 4.79 Å². The minimum absolute atomic E-state index is 0.201. The van der Waals surface area contributed by atoms with Crippen molar-refractivity contribution in [2.75, 3.05) is 16.9 Å². The molecule has 142 valence electrons. The first-order valence-electron chi connectivity index (χ1n) is 8.67. The first kappa shape index (κ1) is 18.6. The molecule has 28 heavy (non-hydrogen) atoms. The Labute approximate surface area is 172 Å². The summed E-state index contributed by atoms with van der Waals surface area (Å²) in [4.78, 5) is 17.7. The van der Waals surface area contributed by atoms with E-state index in [1.54, 1.807) is 4.68 Å². The Balaban J connectivity index is 1.81. The van der Waals surface area contributed by atoms with Gasteiger partial charge in [-0.05, 0) is 43.0 Å². The second-order valence-corrected chi connectivity index (χ2v) is 7.52. The highest BCUT2D eigenvalue weighted by Gasteiger charge is 2.34. The molecule has 1 aliphatic heterocycles. The molecule has 0 fully saturated rings. The largest absolute Gasteiger partial charge is 0.328 e. The summed E-state index contributed by atoms with van der Waals surface area (Å²) in [5, 5.41) is 12.0. The van der Waals surface area contributed by atoms with Gasteiger partial charge in [0, 0.05) is 16.4 Å². The zero-order valence-electron chi connectivity index (χ0n) is 15.3. The molecule has 0 unspecified atom stereocenters. The van der Waals surface area contributed by atoms with Crippen molar-refractivity contribution in [3.8, 4) is 0 Å². The number of thioether (sulfide) groups is 1. The van der Waals surface area contributed by atoms with E-state index in [1.807, 2.05) is 67.8 Å². The maximum Gasteiger partial charge on any atom is 0.255 e. The summed E-state index contributed by atoms with van der Waals surface area (Å²) in [6.07, 6.45) is 1.92. The average molecular weight is 412 g/mol. The Bertz CT molecular complexity index is 1060. The molecule has 4 rings (SSSR count). The van der Waals surface area contributed by atoms with Crippen LogP contribution in [-0.4, -0.2) is 26.9 Å². The first-order chi connectivity index (χ1) is 13.6. The van der Waals surface area contributed by atoms with Crippen LogP contribution < -0.4 is 10.6 Å². The van der Waals surface area contributed by atoms with Crippen molar-refractivity contribution >= 4 is 40.9 Å². The summed E-state index contributed by atoms with van der Waals surface area (Å²) in [6, 6.07) is 16.4. The van der Waals surface area contributed by atoms with Gasteiger partial charge in [-0.25, -0.2) is 4.68 Å². The number of allylic oxidation sites excluding steroid dienone is 1. The molecule has 1 amide bonds. The van der Waals surface area contributed by atoms with Crippen LogP contribution in [0.1, 0.15) is 18.5 Å². The van der Waals surface area contributed by atoms with Gasteiger partial charge < -0.3 is 10.6 Å². The highest BCUT2D eigenvalue weighted by Crippen LogP contribution is 2.37. The van der Waals surface area contributed by atoms with Crippen LogP contribution in [0.2, 0.25) is 5.02 Å². The summed E-state index contributed by atoms with van der Waals surface area (Å²) >= 11 is 7.68. The summed E-state index contributed by atoms with van der Waals surface area (Å²) in [7, 11) is 0. The molecule has 0 spiro atoms. The fourth-order valence-electron chi connectivity index (χ4n) is 3.22. The third-order valence-electron chi connectivity index (χ3n) is 4.46. The molecule has 2 aromatic carbocycles. The molecule has 2 N–H and O–H groups in total. The summed E-state index contributed by atoms with van der Waals surface area (Å²) < 4.78 is 1.74. The number of rotatable bonds is 4. The maximum absolute atomic E-state index is 13.2. The molecular weight excluding hydrogens is 394 g/mol. The topological polar surface area (TPSA) is 71.8 Å². The number of hydrogen-bond acceptors (Lipinski definition) is 5. The lowest BCUT2D eigenvalue weighted by Crippen LogP contribution is -2.31. The van der Waals surface area contributed by atoms with E-state index in [9.17, 15) is 4.79 Å². The van der Waals surface area contributed by atoms with Gasteiger partial charge in [0.1, 0.15) is 6.04 Å². The fraction of sp³-hybridized carbons (Fsp3) is 0.150. The predicted molar refractivity (Wildman–Crippen MR) is 113 cm³/mol. The summed E-state index contributed by atoms with van der Waals surface area (Å²) in [6.45, 7) is 1.87. The lowest BCUT2D eigenvalue weighted by Gasteiger charge is -2.28. The molecule has 1 atom stereocenters. The number of amides is 1. The number of aromatic nitrogens is 3. The number of halogens is 1. The minimum atomic E-state index is -0.438. The van der Waals surface area contributed by atoms with Crippen LogP contribution in [0.5, 0.6) is 0 Å². The number of carbonyl (C=O) groups excluding carboxylic acids is 1. The van der Waals surface area contributed by atoms with Crippen molar-refractivity contribution < 1.29 is 4.79 Å². The molecule has 0 radical (unpaired) electrons. The van der Waals surface area contributed by atoms with Crippen molar-refractivity contribution in [3.63, 3.8) is 0 Å². The molecule has 1 aliphatic rings. The zero-order valence-corrected chi connectivity index (χ0v) is 16.9. The van der Waals surface area contributed by atoms with Gasteiger partial charge in [-0.2, -0.15) is 4.98 Å². The molecule has 1 aromatic heterocycles. The van der Waals surface area contributed by atoms with Gasteiger partial charge in [-0.3, -0.25) is 4.79 Å². The normalized spacial score (nSPS) is 15.8. The Kier molecular flexibility index (Phi) is 5.11. The molecule has 3 aromatic rings. The van der Waals surface area contributed by atoms with E-state index in [4.69, 9.17) is 11.6 Å². The second kappa shape index (κ2) is 7.69. The number of anilines is 2. The van der Waals surface area contributed by atoms with Crippen LogP contribution >= 0.6 is 23.4 Å². The van der Waals surface area contributed by atoms with E-state index in [0.717, 1.165) is 16.9 Å². The SMILES string of the molecule is CSc1nc2n(n1)[C@H](c1cccc(Cl)c1)C(C(=O)Nc1ccccc1)=C(C)N2. The molecular formula is C20H18ClN5OS. The van der Waals surface area contributed by atoms with Gasteiger partial charge in [0.25, 0.3) is 5.91 Å². The fourth-order valence-corrected chi connectivity index (χ4v) is 3.76. The molecule has 0 aliphatic carbocycles. The monoisotopic (exact) mass is 411 g/mol. The second-order valence-electron chi connectivity index (χ2n) is 6.31. The van der Waals surface area contributed by atoms with Crippen molar-refractivity contribution in [3.05, 3.63) is 76.5 Å². The van der Waals surface area contributed by atoms with Crippen molar-refractivity contribution in [1.82, 2.24) is 14.8 Å². The van der Waals surface area contributed by atoms with E-state index in [1.165, 1.54) is 11.8 Å². The predicted octanol–water partition coefficient (Wildman–Crippen LogP) is 4.58. The maximum atomic E-state index is 13.2. The van der Waals surface area contributed by atoms with E-state index in [-0.39, 0.29) is 5.91 Å². The molecule has 0 saturated heterocycles. The van der Waals surface area contributed by atoms with Crippen LogP contribution in [0.3, 0.4) is 0 Å². The lowest BCUT2D eigenvalue weighted by molar-refractivity contribution is -0.113. The van der Waals surface area contributed by atoms with Crippen LogP contribution in [0.15, 0.2) is 71.0 Å². The van der Waals surface area contributed by atoms with Gasteiger partial charge in [-0.15, -0.1) is 5.10 Å². The van der Waals surface area contributed by atoms with Crippen molar-refractivity contribution in [1.29, 1.82) is 0 Å². The molecule has 8 heteroatoms. The van der Waals surface area contributed by atoms with Gasteiger partial charge in [0.2, 0.25) is 11.1 Å². The van der Waals surface area contributed by atoms with Crippen LogP contribution in [0, 0.1) is 0 Å².